The molecular weight excluding hydrogens is 276 g/mol. The normalized spacial score (nSPS) is 15.7. The van der Waals surface area contributed by atoms with Gasteiger partial charge >= 0.3 is 0 Å². The number of hydrogen-bond donors (Lipinski definition) is 1. The maximum Gasteiger partial charge on any atom is 0.122 e. The summed E-state index contributed by atoms with van der Waals surface area (Å²) in [6, 6.07) is 6.18. The van der Waals surface area contributed by atoms with Gasteiger partial charge in [-0.3, -0.25) is 0 Å². The molecule has 1 N–H and O–H groups in total. The molecule has 22 heavy (non-hydrogen) atoms. The van der Waals surface area contributed by atoms with Gasteiger partial charge in [0.25, 0.3) is 0 Å². The summed E-state index contributed by atoms with van der Waals surface area (Å²) in [5.74, 6) is 1.95. The van der Waals surface area contributed by atoms with Gasteiger partial charge in [0, 0.05) is 26.2 Å². The number of hydrogen-bond acceptors (Lipinski definition) is 4. The zero-order valence-electron chi connectivity index (χ0n) is 14.1. The van der Waals surface area contributed by atoms with Crippen LogP contribution < -0.4 is 14.8 Å². The first kappa shape index (κ1) is 17.1. The summed E-state index contributed by atoms with van der Waals surface area (Å²) in [7, 11) is 0. The minimum atomic E-state index is 0.705. The van der Waals surface area contributed by atoms with Crippen LogP contribution in [0.15, 0.2) is 18.2 Å². The van der Waals surface area contributed by atoms with Crippen molar-refractivity contribution in [3.63, 3.8) is 0 Å². The number of ether oxygens (including phenoxy) is 2. The van der Waals surface area contributed by atoms with E-state index in [1.54, 1.807) is 0 Å². The summed E-state index contributed by atoms with van der Waals surface area (Å²) in [5.41, 5.74) is 1.27. The van der Waals surface area contributed by atoms with Gasteiger partial charge in [-0.05, 0) is 63.4 Å². The molecule has 0 spiro atoms. The van der Waals surface area contributed by atoms with Crippen LogP contribution in [-0.4, -0.2) is 50.8 Å². The second kappa shape index (κ2) is 9.70. The van der Waals surface area contributed by atoms with E-state index >= 15 is 0 Å². The van der Waals surface area contributed by atoms with Gasteiger partial charge in [0.1, 0.15) is 11.5 Å². The molecule has 1 aromatic carbocycles. The molecule has 0 aromatic heterocycles. The van der Waals surface area contributed by atoms with E-state index < -0.39 is 0 Å². The van der Waals surface area contributed by atoms with Gasteiger partial charge in [-0.1, -0.05) is 0 Å². The van der Waals surface area contributed by atoms with Crippen molar-refractivity contribution in [1.29, 1.82) is 0 Å². The fraction of sp³-hybridized carbons (Fsp3) is 0.667. The zero-order valence-corrected chi connectivity index (χ0v) is 14.1. The Kier molecular flexibility index (Phi) is 7.54. The molecule has 0 atom stereocenters. The SMILES string of the molecule is CCOc1ccc(OCC)c(CCCCN2CCNCC2)c1. The van der Waals surface area contributed by atoms with Crippen molar-refractivity contribution in [2.24, 2.45) is 0 Å². The molecular formula is C18H30N2O2. The molecule has 0 unspecified atom stereocenters. The predicted molar refractivity (Wildman–Crippen MR) is 91.0 cm³/mol. The molecule has 4 heteroatoms. The molecule has 1 aromatic rings. The largest absolute Gasteiger partial charge is 0.494 e. The number of aryl methyl sites for hydroxylation is 1. The fourth-order valence-corrected chi connectivity index (χ4v) is 2.89. The van der Waals surface area contributed by atoms with Crippen molar-refractivity contribution in [2.45, 2.75) is 33.1 Å². The average molecular weight is 306 g/mol. The quantitative estimate of drug-likeness (QED) is 0.711. The first-order valence-corrected chi connectivity index (χ1v) is 8.65. The van der Waals surface area contributed by atoms with E-state index in [0.717, 1.165) is 31.0 Å². The number of nitrogens with zero attached hydrogens (tertiary/aromatic N) is 1. The minimum Gasteiger partial charge on any atom is -0.494 e. The van der Waals surface area contributed by atoms with Crippen LogP contribution in [0.5, 0.6) is 11.5 Å². The fourth-order valence-electron chi connectivity index (χ4n) is 2.89. The summed E-state index contributed by atoms with van der Waals surface area (Å²) < 4.78 is 11.4. The predicted octanol–water partition coefficient (Wildman–Crippen LogP) is 2.71. The van der Waals surface area contributed by atoms with E-state index in [-0.39, 0.29) is 0 Å². The molecule has 1 fully saturated rings. The summed E-state index contributed by atoms with van der Waals surface area (Å²) in [6.07, 6.45) is 3.49. The van der Waals surface area contributed by atoms with Crippen LogP contribution in [0.3, 0.4) is 0 Å². The molecule has 0 saturated carbocycles. The Morgan fingerprint density at radius 3 is 2.55 bits per heavy atom. The Morgan fingerprint density at radius 2 is 1.82 bits per heavy atom. The molecule has 0 amide bonds. The van der Waals surface area contributed by atoms with Gasteiger partial charge < -0.3 is 19.7 Å². The van der Waals surface area contributed by atoms with Crippen LogP contribution in [0.25, 0.3) is 0 Å². The molecule has 1 aliphatic heterocycles. The van der Waals surface area contributed by atoms with Gasteiger partial charge in [0.15, 0.2) is 0 Å². The summed E-state index contributed by atoms with van der Waals surface area (Å²) >= 11 is 0. The molecule has 1 aliphatic rings. The van der Waals surface area contributed by atoms with Crippen LogP contribution in [0, 0.1) is 0 Å². The summed E-state index contributed by atoms with van der Waals surface area (Å²) in [4.78, 5) is 2.55. The van der Waals surface area contributed by atoms with Crippen LogP contribution in [-0.2, 0) is 6.42 Å². The zero-order chi connectivity index (χ0) is 15.6. The Balaban J connectivity index is 1.82. The van der Waals surface area contributed by atoms with Crippen molar-refractivity contribution in [3.8, 4) is 11.5 Å². The Labute approximate surface area is 134 Å². The topological polar surface area (TPSA) is 33.7 Å². The van der Waals surface area contributed by atoms with Crippen molar-refractivity contribution in [3.05, 3.63) is 23.8 Å². The van der Waals surface area contributed by atoms with Gasteiger partial charge in [-0.15, -0.1) is 0 Å². The summed E-state index contributed by atoms with van der Waals surface area (Å²) in [6.45, 7) is 11.3. The first-order valence-electron chi connectivity index (χ1n) is 8.65. The summed E-state index contributed by atoms with van der Waals surface area (Å²) in [5, 5.41) is 3.40. The maximum atomic E-state index is 5.74. The molecule has 4 nitrogen and oxygen atoms in total. The van der Waals surface area contributed by atoms with Crippen molar-refractivity contribution in [2.75, 3.05) is 45.9 Å². The van der Waals surface area contributed by atoms with Crippen LogP contribution in [0.4, 0.5) is 0 Å². The van der Waals surface area contributed by atoms with E-state index in [4.69, 9.17) is 9.47 Å². The maximum absolute atomic E-state index is 5.74. The second-order valence-corrected chi connectivity index (χ2v) is 5.68. The molecule has 1 saturated heterocycles. The number of nitrogens with one attached hydrogen (secondary N) is 1. The molecule has 0 bridgehead atoms. The lowest BCUT2D eigenvalue weighted by Gasteiger charge is -2.27. The monoisotopic (exact) mass is 306 g/mol. The number of piperazine rings is 1. The van der Waals surface area contributed by atoms with Crippen molar-refractivity contribution >= 4 is 0 Å². The van der Waals surface area contributed by atoms with E-state index in [1.807, 2.05) is 26.0 Å². The molecule has 0 aliphatic carbocycles. The highest BCUT2D eigenvalue weighted by Crippen LogP contribution is 2.26. The standard InChI is InChI=1S/C18H30N2O2/c1-3-21-17-8-9-18(22-4-2)16(15-17)7-5-6-12-20-13-10-19-11-14-20/h8-9,15,19H,3-7,10-14H2,1-2H3. The number of unbranched alkanes of at least 4 members (excludes halogenated alkanes) is 1. The van der Waals surface area contributed by atoms with Gasteiger partial charge in [-0.25, -0.2) is 0 Å². The highest BCUT2D eigenvalue weighted by atomic mass is 16.5. The van der Waals surface area contributed by atoms with Gasteiger partial charge in [0.05, 0.1) is 13.2 Å². The third-order valence-electron chi connectivity index (χ3n) is 4.02. The van der Waals surface area contributed by atoms with Crippen LogP contribution in [0.1, 0.15) is 32.3 Å². The Bertz CT molecular complexity index is 431. The van der Waals surface area contributed by atoms with E-state index in [2.05, 4.69) is 16.3 Å². The Morgan fingerprint density at radius 1 is 1.05 bits per heavy atom. The Hall–Kier alpha value is -1.26. The molecule has 2 rings (SSSR count). The van der Waals surface area contributed by atoms with E-state index in [1.165, 1.54) is 38.0 Å². The third kappa shape index (κ3) is 5.50. The lowest BCUT2D eigenvalue weighted by molar-refractivity contribution is 0.236. The molecule has 124 valence electrons. The molecule has 0 radical (unpaired) electrons. The number of benzene rings is 1. The second-order valence-electron chi connectivity index (χ2n) is 5.68. The van der Waals surface area contributed by atoms with Gasteiger partial charge in [0.2, 0.25) is 0 Å². The highest BCUT2D eigenvalue weighted by Gasteiger charge is 2.10. The van der Waals surface area contributed by atoms with Crippen molar-refractivity contribution < 1.29 is 9.47 Å². The number of rotatable bonds is 9. The third-order valence-corrected chi connectivity index (χ3v) is 4.02. The van der Waals surface area contributed by atoms with Crippen LogP contribution >= 0.6 is 0 Å². The first-order chi connectivity index (χ1) is 10.8. The van der Waals surface area contributed by atoms with Crippen LogP contribution in [0.2, 0.25) is 0 Å². The average Bonchev–Trinajstić information content (AvgIpc) is 2.55. The van der Waals surface area contributed by atoms with E-state index in [0.29, 0.717) is 13.2 Å². The van der Waals surface area contributed by atoms with Crippen molar-refractivity contribution in [1.82, 2.24) is 10.2 Å². The lowest BCUT2D eigenvalue weighted by atomic mass is 10.1. The van der Waals surface area contributed by atoms with E-state index in [9.17, 15) is 0 Å². The van der Waals surface area contributed by atoms with Gasteiger partial charge in [-0.2, -0.15) is 0 Å². The molecule has 1 heterocycles. The highest BCUT2D eigenvalue weighted by molar-refractivity contribution is 5.40. The minimum absolute atomic E-state index is 0.705. The smallest absolute Gasteiger partial charge is 0.122 e. The lowest BCUT2D eigenvalue weighted by Crippen LogP contribution is -2.43.